The number of nitrogens with zero attached hydrogens (tertiary/aromatic N) is 1. The fraction of sp³-hybridized carbons (Fsp3) is 0.500. The summed E-state index contributed by atoms with van der Waals surface area (Å²) in [6, 6.07) is 6.72. The molecule has 1 amide bonds. The van der Waals surface area contributed by atoms with Crippen LogP contribution in [-0.2, 0) is 21.5 Å². The zero-order valence-corrected chi connectivity index (χ0v) is 12.9. The molecule has 1 rings (SSSR count). The zero-order valence-electron chi connectivity index (χ0n) is 12.1. The molecule has 0 unspecified atom stereocenters. The topological polar surface area (TPSA) is 63.7 Å². The summed E-state index contributed by atoms with van der Waals surface area (Å²) < 4.78 is 26.8. The summed E-state index contributed by atoms with van der Waals surface area (Å²) in [6.07, 6.45) is 3.00. The average Bonchev–Trinajstić information content (AvgIpc) is 2.34. The Morgan fingerprint density at radius 3 is 2.30 bits per heavy atom. The van der Waals surface area contributed by atoms with Crippen LogP contribution in [0.2, 0.25) is 0 Å². The number of amides is 1. The number of carbonyl (C=O) groups excluding carboxylic acids is 1. The molecule has 0 spiro atoms. The second-order valence-electron chi connectivity index (χ2n) is 4.73. The highest BCUT2D eigenvalue weighted by atomic mass is 32.2. The predicted octanol–water partition coefficient (Wildman–Crippen LogP) is 2.17. The van der Waals surface area contributed by atoms with Gasteiger partial charge in [-0.25, -0.2) is 0 Å². The van der Waals surface area contributed by atoms with Crippen molar-refractivity contribution in [2.45, 2.75) is 33.2 Å². The van der Waals surface area contributed by atoms with Gasteiger partial charge in [0.05, 0.1) is 6.26 Å². The Kier molecular flexibility index (Phi) is 6.01. The molecule has 0 aromatic heterocycles. The highest BCUT2D eigenvalue weighted by Crippen LogP contribution is 2.15. The van der Waals surface area contributed by atoms with Gasteiger partial charge in [0.25, 0.3) is 0 Å². The molecule has 0 atom stereocenters. The van der Waals surface area contributed by atoms with Crippen molar-refractivity contribution in [1.29, 1.82) is 0 Å². The number of rotatable bonds is 7. The van der Waals surface area contributed by atoms with Crippen molar-refractivity contribution < 1.29 is 17.4 Å². The minimum absolute atomic E-state index is 0.0370. The third kappa shape index (κ3) is 6.06. The normalized spacial score (nSPS) is 11.2. The lowest BCUT2D eigenvalue weighted by Gasteiger charge is -2.21. The molecule has 0 aliphatic rings. The Labute approximate surface area is 120 Å². The van der Waals surface area contributed by atoms with Crippen LogP contribution in [0.15, 0.2) is 24.3 Å². The van der Waals surface area contributed by atoms with E-state index >= 15 is 0 Å². The Morgan fingerprint density at radius 2 is 1.85 bits per heavy atom. The molecule has 0 fully saturated rings. The van der Waals surface area contributed by atoms with Crippen molar-refractivity contribution in [3.05, 3.63) is 29.8 Å². The summed E-state index contributed by atoms with van der Waals surface area (Å²) >= 11 is 0. The van der Waals surface area contributed by atoms with Gasteiger partial charge in [0.2, 0.25) is 5.91 Å². The van der Waals surface area contributed by atoms with E-state index < -0.39 is 10.1 Å². The lowest BCUT2D eigenvalue weighted by atomic mass is 10.2. The average molecular weight is 299 g/mol. The molecule has 0 aliphatic heterocycles. The summed E-state index contributed by atoms with van der Waals surface area (Å²) in [5.74, 6) is 0.314. The first-order valence-corrected chi connectivity index (χ1v) is 8.37. The minimum atomic E-state index is -3.50. The van der Waals surface area contributed by atoms with Gasteiger partial charge in [0.15, 0.2) is 0 Å². The summed E-state index contributed by atoms with van der Waals surface area (Å²) in [5, 5.41) is 0. The second kappa shape index (κ2) is 7.28. The van der Waals surface area contributed by atoms with Crippen LogP contribution in [0.5, 0.6) is 5.75 Å². The van der Waals surface area contributed by atoms with Crippen molar-refractivity contribution in [2.75, 3.05) is 12.8 Å². The van der Waals surface area contributed by atoms with Crippen molar-refractivity contribution in [1.82, 2.24) is 4.90 Å². The van der Waals surface area contributed by atoms with E-state index in [-0.39, 0.29) is 11.7 Å². The molecular weight excluding hydrogens is 278 g/mol. The van der Waals surface area contributed by atoms with Gasteiger partial charge < -0.3 is 9.08 Å². The fourth-order valence-corrected chi connectivity index (χ4v) is 2.20. The Hall–Kier alpha value is -1.56. The third-order valence-corrected chi connectivity index (χ3v) is 3.27. The Morgan fingerprint density at radius 1 is 1.25 bits per heavy atom. The smallest absolute Gasteiger partial charge is 0.306 e. The largest absolute Gasteiger partial charge is 0.383 e. The van der Waals surface area contributed by atoms with Gasteiger partial charge in [-0.05, 0) is 24.1 Å². The van der Waals surface area contributed by atoms with Crippen LogP contribution in [0.3, 0.4) is 0 Å². The summed E-state index contributed by atoms with van der Waals surface area (Å²) in [6.45, 7) is 4.88. The zero-order chi connectivity index (χ0) is 15.2. The number of carbonyl (C=O) groups is 1. The summed E-state index contributed by atoms with van der Waals surface area (Å²) in [4.78, 5) is 13.3. The third-order valence-electron chi connectivity index (χ3n) is 2.77. The van der Waals surface area contributed by atoms with Crippen LogP contribution >= 0.6 is 0 Å². The van der Waals surface area contributed by atoms with Gasteiger partial charge in [-0.15, -0.1) is 0 Å². The highest BCUT2D eigenvalue weighted by Gasteiger charge is 2.09. The molecule has 6 heteroatoms. The molecule has 1 aromatic rings. The number of benzene rings is 1. The molecule has 1 aromatic carbocycles. The van der Waals surface area contributed by atoms with E-state index in [1.807, 2.05) is 0 Å². The van der Waals surface area contributed by atoms with Gasteiger partial charge in [-0.1, -0.05) is 25.5 Å². The van der Waals surface area contributed by atoms with Crippen molar-refractivity contribution in [3.63, 3.8) is 0 Å². The van der Waals surface area contributed by atoms with Gasteiger partial charge in [-0.2, -0.15) is 8.42 Å². The number of hydrogen-bond donors (Lipinski definition) is 0. The SMILES string of the molecule is CCCCN(Cc1ccc(OS(C)(=O)=O)cc1)C(C)=O. The Bertz CT molecular complexity index is 537. The van der Waals surface area contributed by atoms with E-state index in [1.165, 1.54) is 0 Å². The van der Waals surface area contributed by atoms with E-state index in [2.05, 4.69) is 6.92 Å². The van der Waals surface area contributed by atoms with E-state index in [1.54, 1.807) is 36.1 Å². The van der Waals surface area contributed by atoms with Gasteiger partial charge in [-0.3, -0.25) is 4.79 Å². The molecule has 0 radical (unpaired) electrons. The summed E-state index contributed by atoms with van der Waals surface area (Å²) in [7, 11) is -3.50. The monoisotopic (exact) mass is 299 g/mol. The molecule has 20 heavy (non-hydrogen) atoms. The van der Waals surface area contributed by atoms with Gasteiger partial charge >= 0.3 is 10.1 Å². The molecule has 0 bridgehead atoms. The first-order chi connectivity index (χ1) is 9.31. The van der Waals surface area contributed by atoms with Crippen molar-refractivity contribution in [3.8, 4) is 5.75 Å². The van der Waals surface area contributed by atoms with Crippen LogP contribution in [0.25, 0.3) is 0 Å². The van der Waals surface area contributed by atoms with Crippen LogP contribution < -0.4 is 4.18 Å². The molecule has 0 heterocycles. The standard InChI is InChI=1S/C14H21NO4S/c1-4-5-10-15(12(2)16)11-13-6-8-14(9-7-13)19-20(3,17)18/h6-9H,4-5,10-11H2,1-3H3. The molecule has 0 N–H and O–H groups in total. The quantitative estimate of drug-likeness (QED) is 0.724. The van der Waals surface area contributed by atoms with Crippen LogP contribution in [-0.4, -0.2) is 32.0 Å². The molecule has 0 aliphatic carbocycles. The van der Waals surface area contributed by atoms with Crippen LogP contribution in [0.4, 0.5) is 0 Å². The molecule has 112 valence electrons. The van der Waals surface area contributed by atoms with Crippen molar-refractivity contribution >= 4 is 16.0 Å². The molecular formula is C14H21NO4S. The summed E-state index contributed by atoms with van der Waals surface area (Å²) in [5.41, 5.74) is 0.942. The highest BCUT2D eigenvalue weighted by molar-refractivity contribution is 7.86. The van der Waals surface area contributed by atoms with E-state index in [0.29, 0.717) is 6.54 Å². The molecule has 5 nitrogen and oxygen atoms in total. The maximum atomic E-state index is 11.5. The first kappa shape index (κ1) is 16.5. The first-order valence-electron chi connectivity index (χ1n) is 6.55. The van der Waals surface area contributed by atoms with Crippen LogP contribution in [0, 0.1) is 0 Å². The maximum absolute atomic E-state index is 11.5. The van der Waals surface area contributed by atoms with Gasteiger partial charge in [0, 0.05) is 20.0 Å². The van der Waals surface area contributed by atoms with E-state index in [9.17, 15) is 13.2 Å². The lowest BCUT2D eigenvalue weighted by molar-refractivity contribution is -0.129. The fourth-order valence-electron chi connectivity index (χ4n) is 1.74. The minimum Gasteiger partial charge on any atom is -0.383 e. The van der Waals surface area contributed by atoms with Crippen molar-refractivity contribution in [2.24, 2.45) is 0 Å². The maximum Gasteiger partial charge on any atom is 0.306 e. The Balaban J connectivity index is 2.70. The molecule has 0 saturated heterocycles. The predicted molar refractivity (Wildman–Crippen MR) is 77.9 cm³/mol. The van der Waals surface area contributed by atoms with E-state index in [0.717, 1.165) is 31.2 Å². The second-order valence-corrected chi connectivity index (χ2v) is 6.30. The van der Waals surface area contributed by atoms with Gasteiger partial charge in [0.1, 0.15) is 5.75 Å². The number of hydrogen-bond acceptors (Lipinski definition) is 4. The van der Waals surface area contributed by atoms with Crippen LogP contribution in [0.1, 0.15) is 32.3 Å². The lowest BCUT2D eigenvalue weighted by Crippen LogP contribution is -2.29. The number of unbranched alkanes of at least 4 members (excludes halogenated alkanes) is 1. The molecule has 0 saturated carbocycles. The van der Waals surface area contributed by atoms with E-state index in [4.69, 9.17) is 4.18 Å².